The summed E-state index contributed by atoms with van der Waals surface area (Å²) in [4.78, 5) is 11.3. The van der Waals surface area contributed by atoms with E-state index in [1.54, 1.807) is 16.9 Å². The van der Waals surface area contributed by atoms with Crippen molar-refractivity contribution in [2.45, 2.75) is 0 Å². The van der Waals surface area contributed by atoms with E-state index in [1.807, 2.05) is 30.3 Å². The lowest BCUT2D eigenvalue weighted by atomic mass is 10.3. The molecule has 0 spiro atoms. The predicted octanol–water partition coefficient (Wildman–Crippen LogP) is 2.24. The number of hydrogen-bond donors (Lipinski definition) is 0. The molecule has 1 heterocycles. The van der Waals surface area contributed by atoms with Crippen LogP contribution in [-0.4, -0.2) is 15.6 Å². The lowest BCUT2D eigenvalue weighted by molar-refractivity contribution is 0.104. The molecule has 2 aromatic rings. The Labute approximate surface area is 87.7 Å². The van der Waals surface area contributed by atoms with Crippen LogP contribution in [0.1, 0.15) is 10.5 Å². The molecule has 0 aliphatic carbocycles. The molecular weight excluding hydrogens is 188 g/mol. The van der Waals surface area contributed by atoms with Crippen LogP contribution in [0.2, 0.25) is 0 Å². The normalized spacial score (nSPS) is 9.87. The van der Waals surface area contributed by atoms with Gasteiger partial charge in [-0.3, -0.25) is 4.79 Å². The first-order valence-electron chi connectivity index (χ1n) is 4.59. The molecule has 0 fully saturated rings. The van der Waals surface area contributed by atoms with Gasteiger partial charge in [0.15, 0.2) is 0 Å². The summed E-state index contributed by atoms with van der Waals surface area (Å²) in [6.07, 6.45) is 3.02. The van der Waals surface area contributed by atoms with Crippen molar-refractivity contribution in [1.82, 2.24) is 9.78 Å². The summed E-state index contributed by atoms with van der Waals surface area (Å²) in [6, 6.07) is 11.3. The van der Waals surface area contributed by atoms with E-state index >= 15 is 0 Å². The smallest absolute Gasteiger partial charge is 0.205 e. The Morgan fingerprint density at radius 2 is 2.00 bits per heavy atom. The van der Waals surface area contributed by atoms with Gasteiger partial charge in [-0.2, -0.15) is 5.10 Å². The number of benzene rings is 1. The first-order valence-corrected chi connectivity index (χ1v) is 4.59. The molecule has 3 heteroatoms. The molecule has 0 bridgehead atoms. The van der Waals surface area contributed by atoms with Crippen LogP contribution >= 0.6 is 0 Å². The van der Waals surface area contributed by atoms with Crippen molar-refractivity contribution in [2.75, 3.05) is 0 Å². The molecule has 15 heavy (non-hydrogen) atoms. The standard InChI is InChI=1S/C12H10N2O/c1-2-12(15)11-8-9-14(13-11)10-6-4-3-5-7-10/h2-9H,1H2. The molecule has 0 aliphatic heterocycles. The number of carbonyl (C=O) groups excluding carboxylic acids is 1. The van der Waals surface area contributed by atoms with Gasteiger partial charge in [0.25, 0.3) is 0 Å². The summed E-state index contributed by atoms with van der Waals surface area (Å²) in [7, 11) is 0. The number of allylic oxidation sites excluding steroid dienone is 1. The molecule has 0 unspecified atom stereocenters. The van der Waals surface area contributed by atoms with E-state index in [1.165, 1.54) is 6.08 Å². The Hall–Kier alpha value is -2.16. The minimum absolute atomic E-state index is 0.162. The summed E-state index contributed by atoms with van der Waals surface area (Å²) >= 11 is 0. The molecule has 0 saturated carbocycles. The van der Waals surface area contributed by atoms with Crippen LogP contribution in [0.25, 0.3) is 5.69 Å². The second-order valence-electron chi connectivity index (χ2n) is 3.05. The van der Waals surface area contributed by atoms with E-state index in [2.05, 4.69) is 11.7 Å². The highest BCUT2D eigenvalue weighted by Gasteiger charge is 2.05. The van der Waals surface area contributed by atoms with Gasteiger partial charge in [-0.1, -0.05) is 24.8 Å². The van der Waals surface area contributed by atoms with Crippen LogP contribution < -0.4 is 0 Å². The zero-order valence-electron chi connectivity index (χ0n) is 8.13. The Bertz CT molecular complexity index is 485. The highest BCUT2D eigenvalue weighted by Crippen LogP contribution is 2.07. The minimum atomic E-state index is -0.162. The maximum atomic E-state index is 11.3. The third-order valence-corrected chi connectivity index (χ3v) is 2.05. The van der Waals surface area contributed by atoms with Crippen LogP contribution in [-0.2, 0) is 0 Å². The average Bonchev–Trinajstić information content (AvgIpc) is 2.78. The van der Waals surface area contributed by atoms with E-state index in [-0.39, 0.29) is 5.78 Å². The summed E-state index contributed by atoms with van der Waals surface area (Å²) in [5, 5.41) is 4.15. The summed E-state index contributed by atoms with van der Waals surface area (Å²) in [6.45, 7) is 3.42. The fourth-order valence-electron chi connectivity index (χ4n) is 1.28. The molecule has 1 aromatic heterocycles. The van der Waals surface area contributed by atoms with Gasteiger partial charge in [-0.25, -0.2) is 4.68 Å². The predicted molar refractivity (Wildman–Crippen MR) is 58.1 cm³/mol. The summed E-state index contributed by atoms with van der Waals surface area (Å²) in [5.74, 6) is -0.162. The third-order valence-electron chi connectivity index (χ3n) is 2.05. The summed E-state index contributed by atoms with van der Waals surface area (Å²) < 4.78 is 1.66. The second-order valence-corrected chi connectivity index (χ2v) is 3.05. The number of aromatic nitrogens is 2. The van der Waals surface area contributed by atoms with Crippen molar-refractivity contribution in [3.63, 3.8) is 0 Å². The van der Waals surface area contributed by atoms with Crippen molar-refractivity contribution >= 4 is 5.78 Å². The Balaban J connectivity index is 2.36. The molecule has 2 rings (SSSR count). The molecule has 0 N–H and O–H groups in total. The number of rotatable bonds is 3. The van der Waals surface area contributed by atoms with Gasteiger partial charge in [0, 0.05) is 6.20 Å². The zero-order valence-corrected chi connectivity index (χ0v) is 8.13. The van der Waals surface area contributed by atoms with E-state index in [4.69, 9.17) is 0 Å². The SMILES string of the molecule is C=CC(=O)c1ccn(-c2ccccc2)n1. The van der Waals surface area contributed by atoms with Gasteiger partial charge in [-0.05, 0) is 24.3 Å². The number of ketones is 1. The topological polar surface area (TPSA) is 34.9 Å². The molecular formula is C12H10N2O. The van der Waals surface area contributed by atoms with Crippen molar-refractivity contribution in [1.29, 1.82) is 0 Å². The van der Waals surface area contributed by atoms with Crippen molar-refractivity contribution in [2.24, 2.45) is 0 Å². The quantitative estimate of drug-likeness (QED) is 0.560. The molecule has 0 atom stereocenters. The largest absolute Gasteiger partial charge is 0.287 e. The van der Waals surface area contributed by atoms with Gasteiger partial charge in [0.1, 0.15) is 5.69 Å². The van der Waals surface area contributed by atoms with E-state index in [0.717, 1.165) is 5.69 Å². The second kappa shape index (κ2) is 3.92. The van der Waals surface area contributed by atoms with Gasteiger partial charge in [0.05, 0.1) is 5.69 Å². The maximum Gasteiger partial charge on any atom is 0.205 e. The minimum Gasteiger partial charge on any atom is -0.287 e. The van der Waals surface area contributed by atoms with Crippen LogP contribution in [0.5, 0.6) is 0 Å². The molecule has 0 radical (unpaired) electrons. The molecule has 1 aromatic carbocycles. The molecule has 0 amide bonds. The highest BCUT2D eigenvalue weighted by atomic mass is 16.1. The Morgan fingerprint density at radius 3 is 2.67 bits per heavy atom. The van der Waals surface area contributed by atoms with E-state index in [9.17, 15) is 4.79 Å². The first kappa shape index (κ1) is 9.40. The number of carbonyl (C=O) groups is 1. The van der Waals surface area contributed by atoms with Gasteiger partial charge in [-0.15, -0.1) is 0 Å². The molecule has 0 aliphatic rings. The zero-order chi connectivity index (χ0) is 10.7. The lowest BCUT2D eigenvalue weighted by Gasteiger charge is -1.98. The maximum absolute atomic E-state index is 11.3. The monoisotopic (exact) mass is 198 g/mol. The first-order chi connectivity index (χ1) is 7.31. The number of hydrogen-bond acceptors (Lipinski definition) is 2. The van der Waals surface area contributed by atoms with Crippen LogP contribution in [0.15, 0.2) is 55.3 Å². The van der Waals surface area contributed by atoms with Crippen molar-refractivity contribution in [3.8, 4) is 5.69 Å². The van der Waals surface area contributed by atoms with Gasteiger partial charge >= 0.3 is 0 Å². The van der Waals surface area contributed by atoms with Gasteiger partial charge < -0.3 is 0 Å². The van der Waals surface area contributed by atoms with Crippen molar-refractivity contribution < 1.29 is 4.79 Å². The molecule has 3 nitrogen and oxygen atoms in total. The van der Waals surface area contributed by atoms with E-state index < -0.39 is 0 Å². The number of para-hydroxylation sites is 1. The fraction of sp³-hybridized carbons (Fsp3) is 0. The Morgan fingerprint density at radius 1 is 1.27 bits per heavy atom. The Kier molecular flexibility index (Phi) is 2.46. The van der Waals surface area contributed by atoms with Crippen molar-refractivity contribution in [3.05, 3.63) is 60.9 Å². The molecule has 74 valence electrons. The fourth-order valence-corrected chi connectivity index (χ4v) is 1.28. The van der Waals surface area contributed by atoms with E-state index in [0.29, 0.717) is 5.69 Å². The van der Waals surface area contributed by atoms with Crippen LogP contribution in [0, 0.1) is 0 Å². The lowest BCUT2D eigenvalue weighted by Crippen LogP contribution is -1.99. The van der Waals surface area contributed by atoms with Crippen LogP contribution in [0.3, 0.4) is 0 Å². The summed E-state index contributed by atoms with van der Waals surface area (Å²) in [5.41, 5.74) is 1.34. The molecule has 0 saturated heterocycles. The highest BCUT2D eigenvalue weighted by molar-refractivity contribution is 6.02. The van der Waals surface area contributed by atoms with Gasteiger partial charge in [0.2, 0.25) is 5.78 Å². The third kappa shape index (κ3) is 1.86. The number of nitrogens with zero attached hydrogens (tertiary/aromatic N) is 2. The average molecular weight is 198 g/mol. The van der Waals surface area contributed by atoms with Crippen LogP contribution in [0.4, 0.5) is 0 Å².